The molecule has 0 rings (SSSR count). The van der Waals surface area contributed by atoms with Crippen LogP contribution in [0.3, 0.4) is 0 Å². The molecule has 0 saturated heterocycles. The summed E-state index contributed by atoms with van der Waals surface area (Å²) in [5.74, 6) is 0. The molecule has 3 nitrogen and oxygen atoms in total. The van der Waals surface area contributed by atoms with Crippen molar-refractivity contribution in [3.63, 3.8) is 0 Å². The molecule has 0 heterocycles. The molecule has 0 aromatic heterocycles. The Kier molecular flexibility index (Phi) is 27.6. The third-order valence-electron chi connectivity index (χ3n) is 0. The van der Waals surface area contributed by atoms with Gasteiger partial charge in [0.2, 0.25) is 0 Å². The Labute approximate surface area is 114 Å². The van der Waals surface area contributed by atoms with Gasteiger partial charge in [-0.1, -0.05) is 0 Å². The predicted octanol–water partition coefficient (Wildman–Crippen LogP) is -4.65. The fraction of sp³-hybridized carbons (Fsp3) is 0. The van der Waals surface area contributed by atoms with Crippen molar-refractivity contribution in [1.29, 1.82) is 0 Å². The minimum atomic E-state index is -3.13. The second-order valence-electron chi connectivity index (χ2n) is 0.283. The van der Waals surface area contributed by atoms with Gasteiger partial charge >= 0.3 is 98.3 Å². The zero-order valence-corrected chi connectivity index (χ0v) is 9.84. The number of hydrogen-bond acceptors (Lipinski definition) is 1. The average molecular weight is 160 g/mol. The summed E-state index contributed by atoms with van der Waals surface area (Å²) in [4.78, 5) is 14.3. The molecule has 0 fully saturated rings. The molecule has 0 unspecified atom stereocenters. The van der Waals surface area contributed by atoms with Crippen molar-refractivity contribution in [2.24, 2.45) is 0 Å². The number of hydrogen-bond donors (Lipinski definition) is 2. The van der Waals surface area contributed by atoms with Crippen LogP contribution in [0.15, 0.2) is 0 Å². The molecule has 0 aromatic rings. The zero-order valence-electron chi connectivity index (χ0n) is 6.51. The Bertz CT molecular complexity index is 42.0. The van der Waals surface area contributed by atoms with Crippen molar-refractivity contribution >= 4 is 46.9 Å². The second kappa shape index (κ2) is 10.5. The molecule has 6 heteroatoms. The predicted molar refractivity (Wildman–Crippen MR) is 20.0 cm³/mol. The third-order valence-corrected chi connectivity index (χ3v) is 0. The molecular weight excluding hydrogens is 155 g/mol. The molecule has 0 atom stereocenters. The van der Waals surface area contributed by atoms with E-state index in [1.807, 2.05) is 0 Å². The Morgan fingerprint density at radius 3 is 1.50 bits per heavy atom. The molecule has 0 aliphatic carbocycles. The van der Waals surface area contributed by atoms with Crippen LogP contribution in [0.4, 0.5) is 0 Å². The fourth-order valence-electron chi connectivity index (χ4n) is 0. The monoisotopic (exact) mass is 160 g/mol. The van der Waals surface area contributed by atoms with Crippen molar-refractivity contribution in [2.45, 2.75) is 0 Å². The molecule has 0 radical (unpaired) electrons. The van der Waals surface area contributed by atoms with Crippen LogP contribution >= 0.6 is 0 Å². The molecule has 0 aliphatic heterocycles. The molecule has 0 aliphatic rings. The van der Waals surface area contributed by atoms with Crippen molar-refractivity contribution in [2.75, 3.05) is 0 Å². The normalized spacial score (nSPS) is 4.00. The van der Waals surface area contributed by atoms with Crippen molar-refractivity contribution < 1.29 is 69.7 Å². The van der Waals surface area contributed by atoms with Gasteiger partial charge in [0.25, 0.3) is 0 Å². The summed E-state index contributed by atoms with van der Waals surface area (Å²) in [5, 5.41) is 0. The van der Waals surface area contributed by atoms with Crippen LogP contribution in [0, 0.1) is 0 Å². The van der Waals surface area contributed by atoms with Gasteiger partial charge in [-0.15, -0.1) is 0 Å². The minimum Gasteiger partial charge on any atom is -1.00 e. The Morgan fingerprint density at radius 1 is 1.50 bits per heavy atom. The Morgan fingerprint density at radius 2 is 1.50 bits per heavy atom. The van der Waals surface area contributed by atoms with Crippen LogP contribution in [0.1, 0.15) is 4.28 Å². The molecule has 30 valence electrons. The first kappa shape index (κ1) is 15.8. The third kappa shape index (κ3) is 31.3. The summed E-state index contributed by atoms with van der Waals surface area (Å²) in [6.45, 7) is 0. The number of rotatable bonds is 0. The van der Waals surface area contributed by atoms with Crippen LogP contribution in [0.2, 0.25) is 0 Å². The van der Waals surface area contributed by atoms with Crippen molar-refractivity contribution in [3.8, 4) is 0 Å². The van der Waals surface area contributed by atoms with Crippen molar-refractivity contribution in [3.05, 3.63) is 0 Å². The van der Waals surface area contributed by atoms with Crippen LogP contribution in [0.5, 0.6) is 0 Å². The molecule has 0 aromatic carbocycles. The van der Waals surface area contributed by atoms with Crippen LogP contribution in [0.25, 0.3) is 0 Å². The van der Waals surface area contributed by atoms with E-state index in [0.717, 1.165) is 0 Å². The van der Waals surface area contributed by atoms with E-state index in [1.54, 1.807) is 0 Å². The Balaban J connectivity index is -0.00000000450. The van der Waals surface area contributed by atoms with E-state index < -0.39 is 9.17 Å². The summed E-state index contributed by atoms with van der Waals surface area (Å²) in [6, 6.07) is 0. The van der Waals surface area contributed by atoms with Gasteiger partial charge in [0, 0.05) is 0 Å². The summed E-state index contributed by atoms with van der Waals surface area (Å²) in [7, 11) is -3.13. The second-order valence-corrected chi connectivity index (χ2v) is 0.848. The molecule has 0 amide bonds. The smallest absolute Gasteiger partial charge is 1.00 e. The average Bonchev–Trinajstić information content (AvgIpc) is 0.811. The topological polar surface area (TPSA) is 57.5 Å². The van der Waals surface area contributed by atoms with Gasteiger partial charge in [-0.25, -0.2) is 0 Å². The van der Waals surface area contributed by atoms with E-state index in [2.05, 4.69) is 0 Å². The van der Waals surface area contributed by atoms with E-state index in [-0.39, 0.29) is 93.4 Å². The molecule has 0 saturated carbocycles. The van der Waals surface area contributed by atoms with Gasteiger partial charge in [-0.3, -0.25) is 4.46 Å². The van der Waals surface area contributed by atoms with E-state index in [0.29, 0.717) is 0 Å². The maximum Gasteiger partial charge on any atom is 2.00 e. The van der Waals surface area contributed by atoms with E-state index in [4.69, 9.17) is 14.1 Å². The van der Waals surface area contributed by atoms with E-state index >= 15 is 0 Å². The first-order chi connectivity index (χ1) is 1.73. The largest absolute Gasteiger partial charge is 2.00 e. The summed E-state index contributed by atoms with van der Waals surface area (Å²) < 4.78 is 8.74. The van der Waals surface area contributed by atoms with Gasteiger partial charge in [0.05, 0.1) is 0 Å². The molecular formula is H5CaKO3Si. The first-order valence-electron chi connectivity index (χ1n) is 0.651. The van der Waals surface area contributed by atoms with E-state index in [1.165, 1.54) is 0 Å². The fourth-order valence-corrected chi connectivity index (χ4v) is 0. The molecule has 2 N–H and O–H groups in total. The van der Waals surface area contributed by atoms with Crippen LogP contribution in [-0.2, 0) is 4.46 Å². The van der Waals surface area contributed by atoms with Gasteiger partial charge in [0.15, 0.2) is 0 Å². The minimum absolute atomic E-state index is 0. The van der Waals surface area contributed by atoms with Gasteiger partial charge in [-0.2, -0.15) is 0 Å². The summed E-state index contributed by atoms with van der Waals surface area (Å²) in [6.07, 6.45) is 0. The van der Waals surface area contributed by atoms with Gasteiger partial charge in [0.1, 0.15) is 0 Å². The van der Waals surface area contributed by atoms with Crippen LogP contribution in [-0.4, -0.2) is 56.5 Å². The maximum atomic E-state index is 8.74. The Hall–Kier alpha value is 2.51. The molecule has 0 bridgehead atoms. The standard InChI is InChI=1S/Ca.K.H2O3Si.3H/c;;1-4(2)3;;;/h;;1-2H;;;/q+2;+1;;3*-1. The van der Waals surface area contributed by atoms with Gasteiger partial charge in [-0.05, 0) is 0 Å². The molecule has 6 heavy (non-hydrogen) atoms. The first-order valence-corrected chi connectivity index (χ1v) is 1.95. The quantitative estimate of drug-likeness (QED) is 0.350. The summed E-state index contributed by atoms with van der Waals surface area (Å²) >= 11 is 0. The van der Waals surface area contributed by atoms with Gasteiger partial charge < -0.3 is 13.9 Å². The summed E-state index contributed by atoms with van der Waals surface area (Å²) in [5.41, 5.74) is 0. The SMILES string of the molecule is O=[Si](O)O.[Ca+2].[H-].[H-].[H-].[K+]. The van der Waals surface area contributed by atoms with Crippen molar-refractivity contribution in [1.82, 2.24) is 0 Å². The zero-order chi connectivity index (χ0) is 3.58. The van der Waals surface area contributed by atoms with Crippen LogP contribution < -0.4 is 51.4 Å². The molecule has 0 spiro atoms. The maximum absolute atomic E-state index is 8.74. The van der Waals surface area contributed by atoms with E-state index in [9.17, 15) is 0 Å².